The molecule has 4 heteroatoms. The van der Waals surface area contributed by atoms with Crippen molar-refractivity contribution in [2.24, 2.45) is 0 Å². The Balaban J connectivity index is 1.98. The smallest absolute Gasteiger partial charge is 0.125 e. The summed E-state index contributed by atoms with van der Waals surface area (Å²) in [6.45, 7) is 0. The van der Waals surface area contributed by atoms with Gasteiger partial charge in [-0.05, 0) is 18.2 Å². The fourth-order valence-electron chi connectivity index (χ4n) is 1.92. The average Bonchev–Trinajstić information content (AvgIpc) is 2.89. The van der Waals surface area contributed by atoms with Crippen LogP contribution in [-0.2, 0) is 0 Å². The van der Waals surface area contributed by atoms with Gasteiger partial charge in [-0.1, -0.05) is 30.3 Å². The molecule has 3 aromatic rings. The van der Waals surface area contributed by atoms with Crippen molar-refractivity contribution < 1.29 is 9.84 Å². The maximum absolute atomic E-state index is 10.1. The second-order valence-electron chi connectivity index (χ2n) is 4.28. The molecule has 0 saturated carbocycles. The lowest BCUT2D eigenvalue weighted by molar-refractivity contribution is 0.415. The molecule has 0 aliphatic carbocycles. The topological polar surface area (TPSA) is 42.4 Å². The summed E-state index contributed by atoms with van der Waals surface area (Å²) in [5.41, 5.74) is 1.69. The molecule has 20 heavy (non-hydrogen) atoms. The van der Waals surface area contributed by atoms with E-state index in [4.69, 9.17) is 4.74 Å². The van der Waals surface area contributed by atoms with Gasteiger partial charge in [0.1, 0.15) is 16.5 Å². The third-order valence-corrected chi connectivity index (χ3v) is 3.91. The maximum Gasteiger partial charge on any atom is 0.125 e. The van der Waals surface area contributed by atoms with Crippen molar-refractivity contribution >= 4 is 33.4 Å². The Kier molecular flexibility index (Phi) is 3.39. The summed E-state index contributed by atoms with van der Waals surface area (Å²) in [6, 6.07) is 15.2. The lowest BCUT2D eigenvalue weighted by atomic mass is 10.2. The van der Waals surface area contributed by atoms with Gasteiger partial charge in [0.05, 0.1) is 17.3 Å². The van der Waals surface area contributed by atoms with E-state index in [1.165, 1.54) is 11.3 Å². The van der Waals surface area contributed by atoms with E-state index in [-0.39, 0.29) is 5.76 Å². The van der Waals surface area contributed by atoms with E-state index < -0.39 is 0 Å². The van der Waals surface area contributed by atoms with Gasteiger partial charge in [0, 0.05) is 11.6 Å². The van der Waals surface area contributed by atoms with Gasteiger partial charge in [0.15, 0.2) is 0 Å². The first kappa shape index (κ1) is 12.7. The predicted octanol–water partition coefficient (Wildman–Crippen LogP) is 4.36. The Morgan fingerprint density at radius 1 is 1.20 bits per heavy atom. The third-order valence-electron chi connectivity index (χ3n) is 2.94. The Bertz CT molecular complexity index is 763. The number of hydrogen-bond donors (Lipinski definition) is 1. The number of aliphatic hydroxyl groups excluding tert-OH is 1. The van der Waals surface area contributed by atoms with Crippen molar-refractivity contribution in [2.45, 2.75) is 0 Å². The van der Waals surface area contributed by atoms with Crippen molar-refractivity contribution in [3.63, 3.8) is 0 Å². The molecule has 3 nitrogen and oxygen atoms in total. The molecule has 0 fully saturated rings. The number of rotatable bonds is 3. The summed E-state index contributed by atoms with van der Waals surface area (Å²) in [4.78, 5) is 4.48. The Morgan fingerprint density at radius 3 is 2.75 bits per heavy atom. The second-order valence-corrected chi connectivity index (χ2v) is 5.34. The predicted molar refractivity (Wildman–Crippen MR) is 83.1 cm³/mol. The highest BCUT2D eigenvalue weighted by molar-refractivity contribution is 7.19. The van der Waals surface area contributed by atoms with E-state index in [1.54, 1.807) is 13.2 Å². The van der Waals surface area contributed by atoms with Crippen LogP contribution in [0.15, 0.2) is 48.5 Å². The van der Waals surface area contributed by atoms with Gasteiger partial charge < -0.3 is 9.84 Å². The van der Waals surface area contributed by atoms with Crippen LogP contribution < -0.4 is 4.74 Å². The molecular weight excluding hydrogens is 270 g/mol. The molecule has 0 aliphatic rings. The summed E-state index contributed by atoms with van der Waals surface area (Å²) in [6.07, 6.45) is 1.69. The van der Waals surface area contributed by atoms with Gasteiger partial charge in [0.25, 0.3) is 0 Å². The molecule has 0 radical (unpaired) electrons. The van der Waals surface area contributed by atoms with Gasteiger partial charge in [-0.2, -0.15) is 0 Å². The number of methoxy groups -OCH3 is 1. The van der Waals surface area contributed by atoms with Crippen molar-refractivity contribution in [3.05, 3.63) is 59.1 Å². The lowest BCUT2D eigenvalue weighted by Gasteiger charge is -1.97. The minimum Gasteiger partial charge on any atom is -0.507 e. The number of fused-ring (bicyclic) bond motifs is 1. The van der Waals surface area contributed by atoms with E-state index in [9.17, 15) is 5.11 Å². The summed E-state index contributed by atoms with van der Waals surface area (Å²) in [5, 5.41) is 10.9. The summed E-state index contributed by atoms with van der Waals surface area (Å²) >= 11 is 1.52. The Labute approximate surface area is 120 Å². The molecule has 0 aliphatic heterocycles. The van der Waals surface area contributed by atoms with E-state index in [2.05, 4.69) is 4.98 Å². The SMILES string of the molecule is COc1ccc2nc(C=C(O)c3ccccc3)sc2c1. The first-order valence-corrected chi connectivity index (χ1v) is 6.98. The molecule has 1 heterocycles. The zero-order chi connectivity index (χ0) is 13.9. The molecular formula is C16H13NO2S. The largest absolute Gasteiger partial charge is 0.507 e. The van der Waals surface area contributed by atoms with E-state index >= 15 is 0 Å². The van der Waals surface area contributed by atoms with Crippen LogP contribution in [0.4, 0.5) is 0 Å². The van der Waals surface area contributed by atoms with Gasteiger partial charge in [0.2, 0.25) is 0 Å². The molecule has 0 saturated heterocycles. The van der Waals surface area contributed by atoms with Crippen LogP contribution in [0.2, 0.25) is 0 Å². The van der Waals surface area contributed by atoms with Crippen molar-refractivity contribution in [1.82, 2.24) is 4.98 Å². The minimum absolute atomic E-state index is 0.219. The van der Waals surface area contributed by atoms with Crippen molar-refractivity contribution in [2.75, 3.05) is 7.11 Å². The first-order chi connectivity index (χ1) is 9.76. The van der Waals surface area contributed by atoms with Crippen molar-refractivity contribution in [3.8, 4) is 5.75 Å². The van der Waals surface area contributed by atoms with Crippen LogP contribution in [0.1, 0.15) is 10.6 Å². The molecule has 0 bridgehead atoms. The van der Waals surface area contributed by atoms with E-state index in [0.717, 1.165) is 26.5 Å². The molecule has 0 spiro atoms. The number of nitrogens with zero attached hydrogens (tertiary/aromatic N) is 1. The highest BCUT2D eigenvalue weighted by atomic mass is 32.1. The zero-order valence-electron chi connectivity index (χ0n) is 10.9. The van der Waals surface area contributed by atoms with Crippen LogP contribution in [-0.4, -0.2) is 17.2 Å². The lowest BCUT2D eigenvalue weighted by Crippen LogP contribution is -1.81. The van der Waals surface area contributed by atoms with Crippen LogP contribution in [0.5, 0.6) is 5.75 Å². The molecule has 2 aromatic carbocycles. The number of benzene rings is 2. The molecule has 3 rings (SSSR count). The third kappa shape index (κ3) is 2.51. The average molecular weight is 283 g/mol. The molecule has 1 N–H and O–H groups in total. The Morgan fingerprint density at radius 2 is 2.00 bits per heavy atom. The number of aromatic nitrogens is 1. The second kappa shape index (κ2) is 5.35. The quantitative estimate of drug-likeness (QED) is 0.726. The zero-order valence-corrected chi connectivity index (χ0v) is 11.7. The van der Waals surface area contributed by atoms with E-state index in [0.29, 0.717) is 0 Å². The fourth-order valence-corrected chi connectivity index (χ4v) is 2.85. The molecule has 0 amide bonds. The molecule has 1 aromatic heterocycles. The molecule has 0 unspecified atom stereocenters. The summed E-state index contributed by atoms with van der Waals surface area (Å²) in [5.74, 6) is 1.03. The van der Waals surface area contributed by atoms with Gasteiger partial charge in [-0.25, -0.2) is 4.98 Å². The van der Waals surface area contributed by atoms with E-state index in [1.807, 2.05) is 48.5 Å². The Hall–Kier alpha value is -2.33. The summed E-state index contributed by atoms with van der Waals surface area (Å²) in [7, 11) is 1.64. The normalized spacial score (nSPS) is 11.8. The molecule has 100 valence electrons. The standard InChI is InChI=1S/C16H13NO2S/c1-19-12-7-8-13-15(9-12)20-16(17-13)10-14(18)11-5-3-2-4-6-11/h2-10,18H,1H3. The monoisotopic (exact) mass is 283 g/mol. The first-order valence-electron chi connectivity index (χ1n) is 6.17. The van der Waals surface area contributed by atoms with Crippen molar-refractivity contribution in [1.29, 1.82) is 0 Å². The number of aliphatic hydroxyl groups is 1. The molecule has 0 atom stereocenters. The van der Waals surface area contributed by atoms with Gasteiger partial charge >= 0.3 is 0 Å². The highest BCUT2D eigenvalue weighted by Crippen LogP contribution is 2.28. The number of thiazole rings is 1. The van der Waals surface area contributed by atoms with Crippen LogP contribution in [0.3, 0.4) is 0 Å². The van der Waals surface area contributed by atoms with Gasteiger partial charge in [-0.3, -0.25) is 0 Å². The fraction of sp³-hybridized carbons (Fsp3) is 0.0625. The highest BCUT2D eigenvalue weighted by Gasteiger charge is 2.05. The van der Waals surface area contributed by atoms with Gasteiger partial charge in [-0.15, -0.1) is 11.3 Å². The number of ether oxygens (including phenoxy) is 1. The summed E-state index contributed by atoms with van der Waals surface area (Å²) < 4.78 is 6.23. The number of hydrogen-bond acceptors (Lipinski definition) is 4. The maximum atomic E-state index is 10.1. The van der Waals surface area contributed by atoms with Crippen LogP contribution >= 0.6 is 11.3 Å². The van der Waals surface area contributed by atoms with Crippen LogP contribution in [0.25, 0.3) is 22.1 Å². The minimum atomic E-state index is 0.219. The van der Waals surface area contributed by atoms with Crippen LogP contribution in [0, 0.1) is 0 Å².